The Morgan fingerprint density at radius 2 is 2.00 bits per heavy atom. The Hall–Kier alpha value is -1.43. The van der Waals surface area contributed by atoms with E-state index in [9.17, 15) is 4.79 Å². The van der Waals surface area contributed by atoms with Crippen molar-refractivity contribution in [2.75, 3.05) is 0 Å². The predicted octanol–water partition coefficient (Wildman–Crippen LogP) is 1.33. The first-order valence-electron chi connectivity index (χ1n) is 4.93. The maximum Gasteiger partial charge on any atom is 0.252 e. The van der Waals surface area contributed by atoms with E-state index in [1.54, 1.807) is 0 Å². The normalized spacial score (nSPS) is 22.6. The summed E-state index contributed by atoms with van der Waals surface area (Å²) in [7, 11) is 0. The van der Waals surface area contributed by atoms with Crippen LogP contribution in [0.15, 0.2) is 11.1 Å². The van der Waals surface area contributed by atoms with Gasteiger partial charge in [0, 0.05) is 11.4 Å². The molecule has 1 atom stereocenters. The second kappa shape index (κ2) is 4.21. The number of carbonyl (C=O) groups is 1. The van der Waals surface area contributed by atoms with Crippen LogP contribution in [0.1, 0.15) is 18.3 Å². The van der Waals surface area contributed by atoms with E-state index in [4.69, 9.17) is 0 Å². The predicted molar refractivity (Wildman–Crippen MR) is 63.8 cm³/mol. The minimum Gasteiger partial charge on any atom is -0.304 e. The highest BCUT2D eigenvalue weighted by Crippen LogP contribution is 2.20. The molecule has 2 rings (SSSR count). The van der Waals surface area contributed by atoms with E-state index >= 15 is 0 Å². The number of amides is 1. The maximum absolute atomic E-state index is 11.3. The number of rotatable bonds is 1. The smallest absolute Gasteiger partial charge is 0.252 e. The van der Waals surface area contributed by atoms with Crippen LogP contribution < -0.4 is 5.32 Å². The van der Waals surface area contributed by atoms with Gasteiger partial charge in [-0.3, -0.25) is 4.79 Å². The molecular formula is C10H12N4OS. The number of carbonyl (C=O) groups excluding carboxylic acids is 1. The van der Waals surface area contributed by atoms with Gasteiger partial charge in [-0.1, -0.05) is 11.8 Å². The Morgan fingerprint density at radius 3 is 2.50 bits per heavy atom. The van der Waals surface area contributed by atoms with Gasteiger partial charge in [-0.25, -0.2) is 9.97 Å². The van der Waals surface area contributed by atoms with Crippen molar-refractivity contribution in [1.82, 2.24) is 15.3 Å². The number of aryl methyl sites for hydroxylation is 2. The summed E-state index contributed by atoms with van der Waals surface area (Å²) in [4.78, 5) is 23.8. The molecule has 0 spiro atoms. The van der Waals surface area contributed by atoms with E-state index in [1.807, 2.05) is 26.8 Å². The SMILES string of the molecule is Cc1cc(C)nc(/N=C2\NC(=O)C(C)S2)n1. The summed E-state index contributed by atoms with van der Waals surface area (Å²) in [6.07, 6.45) is 0. The Labute approximate surface area is 97.8 Å². The van der Waals surface area contributed by atoms with Crippen LogP contribution >= 0.6 is 11.8 Å². The molecule has 1 aromatic rings. The molecule has 1 fully saturated rings. The van der Waals surface area contributed by atoms with E-state index < -0.39 is 0 Å². The van der Waals surface area contributed by atoms with Crippen LogP contribution in [0.3, 0.4) is 0 Å². The first-order valence-corrected chi connectivity index (χ1v) is 5.81. The van der Waals surface area contributed by atoms with Crippen molar-refractivity contribution >= 4 is 28.8 Å². The molecule has 1 amide bonds. The number of amidine groups is 1. The fraction of sp³-hybridized carbons (Fsp3) is 0.400. The quantitative estimate of drug-likeness (QED) is 0.798. The minimum absolute atomic E-state index is 0.0203. The fourth-order valence-corrected chi connectivity index (χ4v) is 2.15. The highest BCUT2D eigenvalue weighted by atomic mass is 32.2. The lowest BCUT2D eigenvalue weighted by Crippen LogP contribution is -2.23. The number of nitrogens with zero attached hydrogens (tertiary/aromatic N) is 3. The fourth-order valence-electron chi connectivity index (χ4n) is 1.36. The van der Waals surface area contributed by atoms with E-state index in [0.717, 1.165) is 11.4 Å². The summed E-state index contributed by atoms with van der Waals surface area (Å²) in [5.41, 5.74) is 1.74. The summed E-state index contributed by atoms with van der Waals surface area (Å²) >= 11 is 1.39. The van der Waals surface area contributed by atoms with Crippen LogP contribution in [0, 0.1) is 13.8 Å². The molecule has 2 heterocycles. The van der Waals surface area contributed by atoms with Gasteiger partial charge < -0.3 is 5.32 Å². The highest BCUT2D eigenvalue weighted by molar-refractivity contribution is 8.15. The molecule has 1 unspecified atom stereocenters. The first-order chi connectivity index (χ1) is 7.54. The molecule has 5 nitrogen and oxygen atoms in total. The van der Waals surface area contributed by atoms with Crippen molar-refractivity contribution < 1.29 is 4.79 Å². The number of nitrogens with one attached hydrogen (secondary N) is 1. The van der Waals surface area contributed by atoms with E-state index in [1.165, 1.54) is 11.8 Å². The molecule has 1 aliphatic heterocycles. The van der Waals surface area contributed by atoms with Gasteiger partial charge in [0.2, 0.25) is 5.91 Å². The van der Waals surface area contributed by atoms with Crippen LogP contribution in [0.4, 0.5) is 5.95 Å². The van der Waals surface area contributed by atoms with Gasteiger partial charge in [-0.2, -0.15) is 4.99 Å². The van der Waals surface area contributed by atoms with Gasteiger partial charge in [0.05, 0.1) is 5.25 Å². The Bertz CT molecular complexity index is 452. The lowest BCUT2D eigenvalue weighted by Gasteiger charge is -1.99. The molecule has 1 saturated heterocycles. The van der Waals surface area contributed by atoms with Crippen molar-refractivity contribution in [3.8, 4) is 0 Å². The Morgan fingerprint density at radius 1 is 1.38 bits per heavy atom. The number of hydrogen-bond donors (Lipinski definition) is 1. The molecule has 0 aliphatic carbocycles. The lowest BCUT2D eigenvalue weighted by atomic mass is 10.4. The average Bonchev–Trinajstić information content (AvgIpc) is 2.43. The summed E-state index contributed by atoms with van der Waals surface area (Å²) in [6, 6.07) is 1.88. The Balaban J connectivity index is 2.26. The summed E-state index contributed by atoms with van der Waals surface area (Å²) < 4.78 is 0. The standard InChI is InChI=1S/C10H12N4OS/c1-5-4-6(2)12-9(11-5)14-10-13-8(15)7(3)16-10/h4,7H,1-3H3,(H,11,12,13,14,15). The van der Waals surface area contributed by atoms with Crippen LogP contribution in [-0.4, -0.2) is 26.3 Å². The summed E-state index contributed by atoms with van der Waals surface area (Å²) in [5.74, 6) is 0.377. The van der Waals surface area contributed by atoms with Gasteiger partial charge in [0.1, 0.15) is 0 Å². The van der Waals surface area contributed by atoms with Crippen LogP contribution in [-0.2, 0) is 4.79 Å². The van der Waals surface area contributed by atoms with E-state index in [0.29, 0.717) is 11.1 Å². The molecule has 6 heteroatoms. The third-order valence-corrected chi connectivity index (χ3v) is 3.04. The zero-order valence-electron chi connectivity index (χ0n) is 9.31. The average molecular weight is 236 g/mol. The second-order valence-corrected chi connectivity index (χ2v) is 4.95. The van der Waals surface area contributed by atoms with Crippen molar-refractivity contribution in [2.24, 2.45) is 4.99 Å². The molecule has 16 heavy (non-hydrogen) atoms. The maximum atomic E-state index is 11.3. The van der Waals surface area contributed by atoms with E-state index in [2.05, 4.69) is 20.3 Å². The van der Waals surface area contributed by atoms with Crippen molar-refractivity contribution in [3.05, 3.63) is 17.5 Å². The molecule has 1 aliphatic rings. The monoisotopic (exact) mass is 236 g/mol. The van der Waals surface area contributed by atoms with Gasteiger partial charge in [0.15, 0.2) is 5.17 Å². The Kier molecular flexibility index (Phi) is 2.91. The second-order valence-electron chi connectivity index (χ2n) is 3.62. The van der Waals surface area contributed by atoms with Gasteiger partial charge >= 0.3 is 0 Å². The van der Waals surface area contributed by atoms with Crippen LogP contribution in [0.2, 0.25) is 0 Å². The van der Waals surface area contributed by atoms with Gasteiger partial charge in [-0.15, -0.1) is 0 Å². The molecule has 0 saturated carbocycles. The van der Waals surface area contributed by atoms with Crippen molar-refractivity contribution in [1.29, 1.82) is 0 Å². The highest BCUT2D eigenvalue weighted by Gasteiger charge is 2.25. The summed E-state index contributed by atoms with van der Waals surface area (Å²) in [6.45, 7) is 5.62. The van der Waals surface area contributed by atoms with Crippen LogP contribution in [0.25, 0.3) is 0 Å². The topological polar surface area (TPSA) is 67.2 Å². The van der Waals surface area contributed by atoms with E-state index in [-0.39, 0.29) is 11.2 Å². The molecule has 0 aromatic carbocycles. The zero-order valence-corrected chi connectivity index (χ0v) is 10.1. The largest absolute Gasteiger partial charge is 0.304 e. The minimum atomic E-state index is -0.0929. The number of hydrogen-bond acceptors (Lipinski definition) is 5. The summed E-state index contributed by atoms with van der Waals surface area (Å²) in [5, 5.41) is 3.16. The van der Waals surface area contributed by atoms with Gasteiger partial charge in [-0.05, 0) is 26.8 Å². The van der Waals surface area contributed by atoms with Gasteiger partial charge in [0.25, 0.3) is 5.95 Å². The first kappa shape index (κ1) is 11.1. The van der Waals surface area contributed by atoms with Crippen molar-refractivity contribution in [2.45, 2.75) is 26.0 Å². The number of thioether (sulfide) groups is 1. The van der Waals surface area contributed by atoms with Crippen LogP contribution in [0.5, 0.6) is 0 Å². The molecule has 0 radical (unpaired) electrons. The third-order valence-electron chi connectivity index (χ3n) is 2.06. The zero-order chi connectivity index (χ0) is 11.7. The molecule has 84 valence electrons. The molecule has 0 bridgehead atoms. The molecule has 1 N–H and O–H groups in total. The van der Waals surface area contributed by atoms with Crippen molar-refractivity contribution in [3.63, 3.8) is 0 Å². The molecular weight excluding hydrogens is 224 g/mol. The molecule has 1 aromatic heterocycles. The number of aromatic nitrogens is 2. The number of aliphatic imine (C=N–C) groups is 1. The third kappa shape index (κ3) is 2.38. The lowest BCUT2D eigenvalue weighted by molar-refractivity contribution is -0.118.